The summed E-state index contributed by atoms with van der Waals surface area (Å²) >= 11 is 6.01. The van der Waals surface area contributed by atoms with Crippen LogP contribution in [0.2, 0.25) is 5.15 Å². The molecule has 0 amide bonds. The fourth-order valence-corrected chi connectivity index (χ4v) is 1.93. The van der Waals surface area contributed by atoms with Crippen molar-refractivity contribution in [2.45, 2.75) is 13.3 Å². The van der Waals surface area contributed by atoms with Gasteiger partial charge in [-0.2, -0.15) is 0 Å². The maximum Gasteiger partial charge on any atom is 0.133 e. The first-order valence-corrected chi connectivity index (χ1v) is 6.31. The molecule has 1 aromatic heterocycles. The molecule has 5 heteroatoms. The summed E-state index contributed by atoms with van der Waals surface area (Å²) in [7, 11) is 3.23. The Bertz CT molecular complexity index is 565. The Morgan fingerprint density at radius 3 is 2.16 bits per heavy atom. The minimum absolute atomic E-state index is 0.434. The number of halogens is 1. The molecule has 0 aliphatic carbocycles. The lowest BCUT2D eigenvalue weighted by Crippen LogP contribution is -1.96. The molecular formula is C14H15ClN2O2. The van der Waals surface area contributed by atoms with Gasteiger partial charge in [0.25, 0.3) is 0 Å². The molecule has 0 radical (unpaired) electrons. The number of ether oxygens (including phenoxy) is 2. The van der Waals surface area contributed by atoms with Crippen molar-refractivity contribution in [3.63, 3.8) is 0 Å². The standard InChI is InChI=1S/C14H15ClN2O2/c1-4-14-16-12(8-13(15)17-14)9-5-10(18-2)7-11(6-9)19-3/h5-8H,4H2,1-3H3. The molecule has 4 nitrogen and oxygen atoms in total. The van der Waals surface area contributed by atoms with Crippen molar-refractivity contribution in [1.29, 1.82) is 0 Å². The van der Waals surface area contributed by atoms with Crippen LogP contribution in [0.3, 0.4) is 0 Å². The van der Waals surface area contributed by atoms with Gasteiger partial charge < -0.3 is 9.47 Å². The highest BCUT2D eigenvalue weighted by Gasteiger charge is 2.08. The van der Waals surface area contributed by atoms with Gasteiger partial charge in [-0.25, -0.2) is 9.97 Å². The zero-order valence-corrected chi connectivity index (χ0v) is 11.9. The minimum Gasteiger partial charge on any atom is -0.497 e. The summed E-state index contributed by atoms with van der Waals surface area (Å²) in [5.41, 5.74) is 1.64. The highest BCUT2D eigenvalue weighted by molar-refractivity contribution is 6.29. The van der Waals surface area contributed by atoms with Crippen LogP contribution in [-0.4, -0.2) is 24.2 Å². The van der Waals surface area contributed by atoms with E-state index in [1.807, 2.05) is 25.1 Å². The number of benzene rings is 1. The van der Waals surface area contributed by atoms with E-state index < -0.39 is 0 Å². The van der Waals surface area contributed by atoms with Gasteiger partial charge in [0.05, 0.1) is 19.9 Å². The third-order valence-corrected chi connectivity index (χ3v) is 2.90. The van der Waals surface area contributed by atoms with Crippen LogP contribution in [-0.2, 0) is 6.42 Å². The fraction of sp³-hybridized carbons (Fsp3) is 0.286. The van der Waals surface area contributed by atoms with Crippen LogP contribution in [0.25, 0.3) is 11.3 Å². The van der Waals surface area contributed by atoms with E-state index in [-0.39, 0.29) is 0 Å². The van der Waals surface area contributed by atoms with Crippen LogP contribution in [0.5, 0.6) is 11.5 Å². The van der Waals surface area contributed by atoms with Gasteiger partial charge in [0.2, 0.25) is 0 Å². The lowest BCUT2D eigenvalue weighted by atomic mass is 10.1. The maximum absolute atomic E-state index is 6.01. The number of rotatable bonds is 4. The topological polar surface area (TPSA) is 44.2 Å². The van der Waals surface area contributed by atoms with E-state index in [4.69, 9.17) is 21.1 Å². The largest absolute Gasteiger partial charge is 0.497 e. The molecule has 0 fully saturated rings. The van der Waals surface area contributed by atoms with Crippen molar-refractivity contribution < 1.29 is 9.47 Å². The molecule has 0 spiro atoms. The monoisotopic (exact) mass is 278 g/mol. The lowest BCUT2D eigenvalue weighted by molar-refractivity contribution is 0.394. The molecule has 1 heterocycles. The van der Waals surface area contributed by atoms with Gasteiger partial charge in [-0.05, 0) is 12.1 Å². The van der Waals surface area contributed by atoms with Crippen LogP contribution in [0.4, 0.5) is 0 Å². The van der Waals surface area contributed by atoms with Crippen molar-refractivity contribution in [2.75, 3.05) is 14.2 Å². The summed E-state index contributed by atoms with van der Waals surface area (Å²) in [6, 6.07) is 7.32. The smallest absolute Gasteiger partial charge is 0.133 e. The number of nitrogens with zero attached hydrogens (tertiary/aromatic N) is 2. The third-order valence-electron chi connectivity index (χ3n) is 2.70. The predicted molar refractivity (Wildman–Crippen MR) is 75.0 cm³/mol. The lowest BCUT2D eigenvalue weighted by Gasteiger charge is -2.09. The van der Waals surface area contributed by atoms with Crippen molar-refractivity contribution >= 4 is 11.6 Å². The average Bonchev–Trinajstić information content (AvgIpc) is 2.45. The number of hydrogen-bond donors (Lipinski definition) is 0. The molecular weight excluding hydrogens is 264 g/mol. The summed E-state index contributed by atoms with van der Waals surface area (Å²) in [5, 5.41) is 0.434. The summed E-state index contributed by atoms with van der Waals surface area (Å²) in [6.07, 6.45) is 0.731. The van der Waals surface area contributed by atoms with Gasteiger partial charge in [-0.1, -0.05) is 18.5 Å². The van der Waals surface area contributed by atoms with Crippen LogP contribution < -0.4 is 9.47 Å². The van der Waals surface area contributed by atoms with E-state index in [0.29, 0.717) is 22.5 Å². The van der Waals surface area contributed by atoms with E-state index in [2.05, 4.69) is 9.97 Å². The Morgan fingerprint density at radius 1 is 1.00 bits per heavy atom. The van der Waals surface area contributed by atoms with Gasteiger partial charge in [0.15, 0.2) is 0 Å². The molecule has 1 aromatic carbocycles. The quantitative estimate of drug-likeness (QED) is 0.804. The zero-order chi connectivity index (χ0) is 13.8. The van der Waals surface area contributed by atoms with E-state index >= 15 is 0 Å². The molecule has 0 aliphatic heterocycles. The molecule has 100 valence electrons. The summed E-state index contributed by atoms with van der Waals surface area (Å²) in [6.45, 7) is 1.99. The zero-order valence-electron chi connectivity index (χ0n) is 11.1. The Kier molecular flexibility index (Phi) is 4.22. The number of aromatic nitrogens is 2. The Balaban J connectivity index is 2.54. The SMILES string of the molecule is CCc1nc(Cl)cc(-c2cc(OC)cc(OC)c2)n1. The normalized spacial score (nSPS) is 10.3. The molecule has 0 atom stereocenters. The van der Waals surface area contributed by atoms with Gasteiger partial charge >= 0.3 is 0 Å². The highest BCUT2D eigenvalue weighted by Crippen LogP contribution is 2.29. The Morgan fingerprint density at radius 2 is 1.63 bits per heavy atom. The first-order valence-electron chi connectivity index (χ1n) is 5.93. The van der Waals surface area contributed by atoms with Crippen molar-refractivity contribution in [1.82, 2.24) is 9.97 Å². The molecule has 0 saturated carbocycles. The first kappa shape index (κ1) is 13.6. The average molecular weight is 279 g/mol. The van der Waals surface area contributed by atoms with E-state index in [1.165, 1.54) is 0 Å². The van der Waals surface area contributed by atoms with Crippen molar-refractivity contribution in [3.8, 4) is 22.8 Å². The minimum atomic E-state index is 0.434. The van der Waals surface area contributed by atoms with Crippen LogP contribution >= 0.6 is 11.6 Å². The molecule has 0 aliphatic rings. The molecule has 0 bridgehead atoms. The second-order valence-corrected chi connectivity index (χ2v) is 4.33. The van der Waals surface area contributed by atoms with Gasteiger partial charge in [-0.3, -0.25) is 0 Å². The molecule has 0 N–H and O–H groups in total. The molecule has 0 saturated heterocycles. The Hall–Kier alpha value is -1.81. The van der Waals surface area contributed by atoms with Gasteiger partial charge in [0, 0.05) is 24.1 Å². The molecule has 2 aromatic rings. The second-order valence-electron chi connectivity index (χ2n) is 3.95. The summed E-state index contributed by atoms with van der Waals surface area (Å²) in [5.74, 6) is 2.13. The second kappa shape index (κ2) is 5.89. The first-order chi connectivity index (χ1) is 9.16. The predicted octanol–water partition coefficient (Wildman–Crippen LogP) is 3.38. The van der Waals surface area contributed by atoms with E-state index in [0.717, 1.165) is 17.7 Å². The van der Waals surface area contributed by atoms with E-state index in [9.17, 15) is 0 Å². The fourth-order valence-electron chi connectivity index (χ4n) is 1.73. The van der Waals surface area contributed by atoms with Crippen LogP contribution in [0, 0.1) is 0 Å². The Labute approximate surface area is 117 Å². The van der Waals surface area contributed by atoms with Gasteiger partial charge in [0.1, 0.15) is 22.5 Å². The van der Waals surface area contributed by atoms with Crippen LogP contribution in [0.15, 0.2) is 24.3 Å². The number of methoxy groups -OCH3 is 2. The maximum atomic E-state index is 6.01. The number of aryl methyl sites for hydroxylation is 1. The molecule has 0 unspecified atom stereocenters. The third kappa shape index (κ3) is 3.15. The highest BCUT2D eigenvalue weighted by atomic mass is 35.5. The van der Waals surface area contributed by atoms with Gasteiger partial charge in [-0.15, -0.1) is 0 Å². The van der Waals surface area contributed by atoms with Crippen LogP contribution in [0.1, 0.15) is 12.7 Å². The van der Waals surface area contributed by atoms with Crippen molar-refractivity contribution in [3.05, 3.63) is 35.2 Å². The number of hydrogen-bond acceptors (Lipinski definition) is 4. The van der Waals surface area contributed by atoms with E-state index in [1.54, 1.807) is 20.3 Å². The van der Waals surface area contributed by atoms with Crippen molar-refractivity contribution in [2.24, 2.45) is 0 Å². The summed E-state index contributed by atoms with van der Waals surface area (Å²) < 4.78 is 10.5. The summed E-state index contributed by atoms with van der Waals surface area (Å²) in [4.78, 5) is 8.62. The molecule has 2 rings (SSSR count). The molecule has 19 heavy (non-hydrogen) atoms.